The first-order chi connectivity index (χ1) is 7.23. The third kappa shape index (κ3) is 1.52. The molecule has 3 unspecified atom stereocenters. The lowest BCUT2D eigenvalue weighted by Crippen LogP contribution is -2.82. The van der Waals surface area contributed by atoms with Crippen LogP contribution >= 0.6 is 23.2 Å². The fourth-order valence-electron chi connectivity index (χ4n) is 3.02. The molecular weight excluding hydrogens is 235 g/mol. The predicted molar refractivity (Wildman–Crippen MR) is 59.6 cm³/mol. The highest BCUT2D eigenvalue weighted by Gasteiger charge is 2.54. The molecule has 0 aromatic heterocycles. The van der Waals surface area contributed by atoms with E-state index in [0.717, 1.165) is 44.4 Å². The van der Waals surface area contributed by atoms with Gasteiger partial charge in [0.05, 0.1) is 20.0 Å². The van der Waals surface area contributed by atoms with Gasteiger partial charge in [-0.25, -0.2) is 14.7 Å². The van der Waals surface area contributed by atoms with Crippen molar-refractivity contribution in [3.8, 4) is 0 Å². The highest BCUT2D eigenvalue weighted by atomic mass is 35.5. The van der Waals surface area contributed by atoms with Crippen molar-refractivity contribution in [1.82, 2.24) is 14.7 Å². The van der Waals surface area contributed by atoms with Gasteiger partial charge in [-0.2, -0.15) is 0 Å². The maximum absolute atomic E-state index is 6.53. The molecule has 0 aliphatic carbocycles. The van der Waals surface area contributed by atoms with Crippen LogP contribution in [-0.2, 0) is 0 Å². The lowest BCUT2D eigenvalue weighted by molar-refractivity contribution is -0.987. The Morgan fingerprint density at radius 1 is 1.20 bits per heavy atom. The van der Waals surface area contributed by atoms with Crippen LogP contribution in [0.1, 0.15) is 0 Å². The van der Waals surface area contributed by atoms with E-state index in [4.69, 9.17) is 23.2 Å². The zero-order valence-electron chi connectivity index (χ0n) is 8.52. The van der Waals surface area contributed by atoms with E-state index in [1.54, 1.807) is 5.54 Å². The Balaban J connectivity index is 1.87. The molecule has 0 aromatic rings. The molecule has 6 heteroatoms. The van der Waals surface area contributed by atoms with Gasteiger partial charge >= 0.3 is 0 Å². The van der Waals surface area contributed by atoms with Gasteiger partial charge in [0.25, 0.3) is 0 Å². The van der Waals surface area contributed by atoms with Gasteiger partial charge in [-0.1, -0.05) is 11.6 Å². The van der Waals surface area contributed by atoms with E-state index >= 15 is 0 Å². The largest absolute Gasteiger partial charge is 0.267 e. The van der Waals surface area contributed by atoms with Gasteiger partial charge in [0.2, 0.25) is 5.62 Å². The number of halogens is 2. The van der Waals surface area contributed by atoms with Crippen LogP contribution in [0.4, 0.5) is 0 Å². The summed E-state index contributed by atoms with van der Waals surface area (Å²) in [7, 11) is 0. The normalized spacial score (nSPS) is 52.9. The fraction of sp³-hybridized carbons (Fsp3) is 0.778. The summed E-state index contributed by atoms with van der Waals surface area (Å²) >= 11 is 12.1. The van der Waals surface area contributed by atoms with Gasteiger partial charge in [0, 0.05) is 5.54 Å². The van der Waals surface area contributed by atoms with Gasteiger partial charge in [0.1, 0.15) is 19.9 Å². The first kappa shape index (κ1) is 10.3. The smallest absolute Gasteiger partial charge is 0.227 e. The second-order valence-electron chi connectivity index (χ2n) is 4.71. The summed E-state index contributed by atoms with van der Waals surface area (Å²) < 4.78 is 0.894. The molecule has 0 radical (unpaired) electrons. The van der Waals surface area contributed by atoms with Crippen LogP contribution in [0.2, 0.25) is 0 Å². The van der Waals surface area contributed by atoms with Crippen molar-refractivity contribution in [2.24, 2.45) is 0 Å². The highest BCUT2D eigenvalue weighted by Crippen LogP contribution is 2.35. The number of quaternary nitrogens is 1. The molecule has 84 valence electrons. The molecule has 4 fully saturated rings. The van der Waals surface area contributed by atoms with E-state index in [-0.39, 0.29) is 5.62 Å². The van der Waals surface area contributed by atoms with Crippen molar-refractivity contribution in [3.63, 3.8) is 0 Å². The molecule has 4 heterocycles. The summed E-state index contributed by atoms with van der Waals surface area (Å²) in [5.41, 5.74) is 1.70. The Kier molecular flexibility index (Phi) is 2.47. The SMILES string of the molecule is ClC=CC[N+]12CN3CN(CN(C3)C1Cl)C2. The van der Waals surface area contributed by atoms with Crippen LogP contribution in [-0.4, -0.2) is 64.7 Å². The zero-order valence-corrected chi connectivity index (χ0v) is 10.0. The van der Waals surface area contributed by atoms with Crippen molar-refractivity contribution >= 4 is 23.2 Å². The molecular formula is C9H15Cl2N4+. The Morgan fingerprint density at radius 2 is 1.87 bits per heavy atom. The average Bonchev–Trinajstić information content (AvgIpc) is 2.22. The van der Waals surface area contributed by atoms with Gasteiger partial charge in [0.15, 0.2) is 0 Å². The van der Waals surface area contributed by atoms with Crippen molar-refractivity contribution in [2.75, 3.05) is 39.9 Å². The van der Waals surface area contributed by atoms with Gasteiger partial charge in [-0.15, -0.1) is 0 Å². The minimum absolute atomic E-state index is 0.102. The second kappa shape index (κ2) is 3.58. The van der Waals surface area contributed by atoms with Gasteiger partial charge < -0.3 is 0 Å². The predicted octanol–water partition coefficient (Wildman–Crippen LogP) is 0.812. The topological polar surface area (TPSA) is 9.72 Å². The Bertz CT molecular complexity index is 282. The van der Waals surface area contributed by atoms with Crippen LogP contribution in [0, 0.1) is 0 Å². The summed E-state index contributed by atoms with van der Waals surface area (Å²) in [6.45, 7) is 6.11. The van der Waals surface area contributed by atoms with Crippen LogP contribution in [0.15, 0.2) is 11.6 Å². The summed E-state index contributed by atoms with van der Waals surface area (Å²) in [6.07, 6.45) is 2.01. The molecule has 4 aliphatic heterocycles. The van der Waals surface area contributed by atoms with E-state index in [1.807, 2.05) is 6.08 Å². The van der Waals surface area contributed by atoms with Crippen LogP contribution < -0.4 is 0 Å². The number of hydrogen-bond donors (Lipinski definition) is 0. The number of hydrogen-bond acceptors (Lipinski definition) is 3. The average molecular weight is 250 g/mol. The van der Waals surface area contributed by atoms with E-state index in [2.05, 4.69) is 14.7 Å². The molecule has 0 N–H and O–H groups in total. The standard InChI is InChI=1S/C9H15Cl2N4/c10-2-1-3-15-7-12-4-13(8-15)6-14(5-12)9(15)11/h1-2,9H,3-8H2/q+1. The first-order valence-electron chi connectivity index (χ1n) is 5.17. The Labute approximate surface area is 99.8 Å². The maximum atomic E-state index is 6.53. The first-order valence-corrected chi connectivity index (χ1v) is 6.05. The minimum atomic E-state index is 0.102. The van der Waals surface area contributed by atoms with Crippen LogP contribution in [0.5, 0.6) is 0 Å². The number of alkyl halides is 1. The fourth-order valence-corrected chi connectivity index (χ4v) is 3.43. The number of nitrogens with zero attached hydrogens (tertiary/aromatic N) is 4. The lowest BCUT2D eigenvalue weighted by Gasteiger charge is -2.62. The lowest BCUT2D eigenvalue weighted by atomic mass is 10.3. The zero-order chi connectivity index (χ0) is 10.5. The molecule has 4 rings (SSSR count). The molecule has 4 nitrogen and oxygen atoms in total. The maximum Gasteiger partial charge on any atom is 0.227 e. The molecule has 4 aliphatic rings. The molecule has 15 heavy (non-hydrogen) atoms. The summed E-state index contributed by atoms with van der Waals surface area (Å²) in [4.78, 5) is 7.20. The monoisotopic (exact) mass is 249 g/mol. The minimum Gasteiger partial charge on any atom is -0.267 e. The molecule has 3 atom stereocenters. The molecule has 4 bridgehead atoms. The second-order valence-corrected chi connectivity index (χ2v) is 5.35. The number of rotatable bonds is 2. The molecule has 0 saturated carbocycles. The summed E-state index contributed by atoms with van der Waals surface area (Å²) in [5, 5.41) is 0. The van der Waals surface area contributed by atoms with Gasteiger partial charge in [-0.05, 0) is 17.7 Å². The van der Waals surface area contributed by atoms with E-state index in [1.165, 1.54) is 0 Å². The molecule has 0 aromatic carbocycles. The van der Waals surface area contributed by atoms with E-state index < -0.39 is 0 Å². The quantitative estimate of drug-likeness (QED) is 0.408. The van der Waals surface area contributed by atoms with Crippen molar-refractivity contribution in [3.05, 3.63) is 11.6 Å². The molecule has 0 spiro atoms. The van der Waals surface area contributed by atoms with Crippen LogP contribution in [0.3, 0.4) is 0 Å². The summed E-state index contributed by atoms with van der Waals surface area (Å²) in [5.74, 6) is 0. The van der Waals surface area contributed by atoms with Crippen molar-refractivity contribution in [2.45, 2.75) is 5.62 Å². The molecule has 0 amide bonds. The van der Waals surface area contributed by atoms with E-state index in [0.29, 0.717) is 0 Å². The van der Waals surface area contributed by atoms with E-state index in [9.17, 15) is 0 Å². The third-order valence-electron chi connectivity index (χ3n) is 3.44. The Morgan fingerprint density at radius 3 is 2.47 bits per heavy atom. The Hall–Kier alpha value is 0.160. The van der Waals surface area contributed by atoms with Crippen molar-refractivity contribution in [1.29, 1.82) is 0 Å². The molecule has 4 saturated heterocycles. The third-order valence-corrected chi connectivity index (χ3v) is 4.31. The summed E-state index contributed by atoms with van der Waals surface area (Å²) in [6, 6.07) is 0. The van der Waals surface area contributed by atoms with Gasteiger partial charge in [-0.3, -0.25) is 4.48 Å². The van der Waals surface area contributed by atoms with Crippen molar-refractivity contribution < 1.29 is 4.48 Å². The highest BCUT2D eigenvalue weighted by molar-refractivity contribution is 6.25. The van der Waals surface area contributed by atoms with Crippen LogP contribution in [0.25, 0.3) is 0 Å².